The topological polar surface area (TPSA) is 51.1 Å². The Labute approximate surface area is 125 Å². The van der Waals surface area contributed by atoms with Crippen LogP contribution in [0.25, 0.3) is 11.0 Å². The molecule has 1 aliphatic heterocycles. The van der Waals surface area contributed by atoms with Crippen LogP contribution < -0.4 is 4.90 Å². The molecule has 112 valence electrons. The molecule has 5 heteroatoms. The molecule has 1 fully saturated rings. The average molecular weight is 286 g/mol. The lowest BCUT2D eigenvalue weighted by atomic mass is 10.1. The van der Waals surface area contributed by atoms with E-state index in [1.165, 1.54) is 12.8 Å². The van der Waals surface area contributed by atoms with Crippen LogP contribution >= 0.6 is 0 Å². The smallest absolute Gasteiger partial charge is 0.158 e. The predicted octanol–water partition coefficient (Wildman–Crippen LogP) is 2.73. The van der Waals surface area contributed by atoms with Crippen molar-refractivity contribution in [2.75, 3.05) is 25.1 Å². The Morgan fingerprint density at radius 1 is 1.33 bits per heavy atom. The zero-order valence-electron chi connectivity index (χ0n) is 12.7. The van der Waals surface area contributed by atoms with Gasteiger partial charge in [0.2, 0.25) is 0 Å². The summed E-state index contributed by atoms with van der Waals surface area (Å²) in [5.41, 5.74) is 2.78. The number of aromatic nitrogens is 3. The van der Waals surface area contributed by atoms with Crippen LogP contribution in [0.1, 0.15) is 31.4 Å². The molecule has 3 rings (SSSR count). The molecule has 5 nitrogen and oxygen atoms in total. The van der Waals surface area contributed by atoms with Crippen LogP contribution in [0.5, 0.6) is 0 Å². The summed E-state index contributed by atoms with van der Waals surface area (Å²) in [6, 6.07) is 3.99. The number of rotatable bonds is 5. The molecule has 0 aromatic carbocycles. The fourth-order valence-corrected chi connectivity index (χ4v) is 2.84. The molecule has 0 radical (unpaired) electrons. The van der Waals surface area contributed by atoms with Crippen LogP contribution in [0.2, 0.25) is 0 Å². The van der Waals surface area contributed by atoms with Gasteiger partial charge in [-0.2, -0.15) is 0 Å². The first-order valence-corrected chi connectivity index (χ1v) is 7.65. The van der Waals surface area contributed by atoms with Crippen molar-refractivity contribution in [1.29, 1.82) is 0 Å². The van der Waals surface area contributed by atoms with Gasteiger partial charge in [0.1, 0.15) is 11.8 Å². The zero-order chi connectivity index (χ0) is 14.7. The first-order valence-electron chi connectivity index (χ1n) is 7.65. The minimum Gasteiger partial charge on any atom is -0.378 e. The van der Waals surface area contributed by atoms with Crippen LogP contribution in [0.4, 0.5) is 5.82 Å². The molecule has 1 aliphatic rings. The third-order valence-electron chi connectivity index (χ3n) is 4.01. The Morgan fingerprint density at radius 2 is 2.24 bits per heavy atom. The Bertz CT molecular complexity index is 610. The summed E-state index contributed by atoms with van der Waals surface area (Å²) in [5, 5.41) is 0. The lowest BCUT2D eigenvalue weighted by molar-refractivity contribution is 0.103. The minimum atomic E-state index is 0.459. The van der Waals surface area contributed by atoms with Gasteiger partial charge in [-0.05, 0) is 44.7 Å². The predicted molar refractivity (Wildman–Crippen MR) is 83.5 cm³/mol. The first-order chi connectivity index (χ1) is 10.2. The largest absolute Gasteiger partial charge is 0.378 e. The van der Waals surface area contributed by atoms with Gasteiger partial charge in [-0.25, -0.2) is 15.0 Å². The average Bonchev–Trinajstić information content (AvgIpc) is 2.99. The second kappa shape index (κ2) is 6.35. The maximum atomic E-state index is 5.67. The molecule has 2 aromatic rings. The molecular weight excluding hydrogens is 264 g/mol. The monoisotopic (exact) mass is 286 g/mol. The van der Waals surface area contributed by atoms with Crippen LogP contribution in [0, 0.1) is 6.92 Å². The molecule has 0 saturated carbocycles. The van der Waals surface area contributed by atoms with E-state index >= 15 is 0 Å². The van der Waals surface area contributed by atoms with Gasteiger partial charge in [0.25, 0.3) is 0 Å². The second-order valence-electron chi connectivity index (χ2n) is 5.72. The van der Waals surface area contributed by atoms with E-state index in [9.17, 15) is 0 Å². The van der Waals surface area contributed by atoms with Crippen molar-refractivity contribution >= 4 is 16.9 Å². The number of hydrogen-bond acceptors (Lipinski definition) is 5. The van der Waals surface area contributed by atoms with Crippen LogP contribution in [0.15, 0.2) is 18.5 Å². The molecule has 21 heavy (non-hydrogen) atoms. The van der Waals surface area contributed by atoms with E-state index < -0.39 is 0 Å². The van der Waals surface area contributed by atoms with Crippen LogP contribution in [0.3, 0.4) is 0 Å². The molecule has 1 saturated heterocycles. The highest BCUT2D eigenvalue weighted by Crippen LogP contribution is 2.22. The van der Waals surface area contributed by atoms with E-state index in [1.54, 1.807) is 6.33 Å². The number of hydrogen-bond donors (Lipinski definition) is 0. The Balaban J connectivity index is 1.68. The van der Waals surface area contributed by atoms with Crippen molar-refractivity contribution in [1.82, 2.24) is 15.0 Å². The lowest BCUT2D eigenvalue weighted by Gasteiger charge is -2.20. The molecule has 0 bridgehead atoms. The molecule has 1 atom stereocenters. The number of anilines is 1. The van der Waals surface area contributed by atoms with Crippen molar-refractivity contribution in [3.8, 4) is 0 Å². The first kappa shape index (κ1) is 14.2. The van der Waals surface area contributed by atoms with Crippen molar-refractivity contribution in [2.45, 2.75) is 38.7 Å². The Kier molecular flexibility index (Phi) is 4.29. The van der Waals surface area contributed by atoms with E-state index in [0.717, 1.165) is 48.5 Å². The number of fused-ring (bicyclic) bond motifs is 1. The standard InChI is InChI=1S/C16H22N4O/c1-12-7-8-14-15(19-12)16(18-11-17-14)20(2)9-3-5-13-6-4-10-21-13/h7-8,11,13H,3-6,9-10H2,1-2H3. The SMILES string of the molecule is Cc1ccc2ncnc(N(C)CCCC3CCCO3)c2n1. The van der Waals surface area contributed by atoms with Gasteiger partial charge >= 0.3 is 0 Å². The molecule has 0 aliphatic carbocycles. The van der Waals surface area contributed by atoms with Crippen molar-refractivity contribution in [3.63, 3.8) is 0 Å². The van der Waals surface area contributed by atoms with E-state index in [1.807, 2.05) is 19.1 Å². The van der Waals surface area contributed by atoms with Crippen LogP contribution in [-0.4, -0.2) is 41.3 Å². The molecule has 3 heterocycles. The lowest BCUT2D eigenvalue weighted by Crippen LogP contribution is -2.21. The second-order valence-corrected chi connectivity index (χ2v) is 5.72. The van der Waals surface area contributed by atoms with Gasteiger partial charge < -0.3 is 9.64 Å². The van der Waals surface area contributed by atoms with Crippen molar-refractivity contribution in [2.24, 2.45) is 0 Å². The van der Waals surface area contributed by atoms with E-state index in [-0.39, 0.29) is 0 Å². The molecular formula is C16H22N4O. The molecule has 1 unspecified atom stereocenters. The van der Waals surface area contributed by atoms with Gasteiger partial charge in [-0.1, -0.05) is 0 Å². The number of aryl methyl sites for hydroxylation is 1. The quantitative estimate of drug-likeness (QED) is 0.846. The van der Waals surface area contributed by atoms with Crippen molar-refractivity contribution in [3.05, 3.63) is 24.2 Å². The molecule has 0 spiro atoms. The Hall–Kier alpha value is -1.75. The fourth-order valence-electron chi connectivity index (χ4n) is 2.84. The highest BCUT2D eigenvalue weighted by atomic mass is 16.5. The van der Waals surface area contributed by atoms with E-state index in [2.05, 4.69) is 26.9 Å². The maximum Gasteiger partial charge on any atom is 0.158 e. The molecule has 2 aromatic heterocycles. The summed E-state index contributed by atoms with van der Waals surface area (Å²) in [7, 11) is 2.07. The highest BCUT2D eigenvalue weighted by Gasteiger charge is 2.16. The summed E-state index contributed by atoms with van der Waals surface area (Å²) >= 11 is 0. The maximum absolute atomic E-state index is 5.67. The third kappa shape index (κ3) is 3.29. The van der Waals surface area contributed by atoms with Gasteiger partial charge in [-0.15, -0.1) is 0 Å². The van der Waals surface area contributed by atoms with Gasteiger partial charge in [0, 0.05) is 25.9 Å². The summed E-state index contributed by atoms with van der Waals surface area (Å²) in [6.45, 7) is 3.88. The summed E-state index contributed by atoms with van der Waals surface area (Å²) < 4.78 is 5.67. The highest BCUT2D eigenvalue weighted by molar-refractivity contribution is 5.85. The van der Waals surface area contributed by atoms with E-state index in [4.69, 9.17) is 4.74 Å². The Morgan fingerprint density at radius 3 is 3.05 bits per heavy atom. The fraction of sp³-hybridized carbons (Fsp3) is 0.562. The third-order valence-corrected chi connectivity index (χ3v) is 4.01. The van der Waals surface area contributed by atoms with E-state index in [0.29, 0.717) is 6.10 Å². The zero-order valence-corrected chi connectivity index (χ0v) is 12.7. The number of ether oxygens (including phenoxy) is 1. The normalized spacial score (nSPS) is 18.3. The number of pyridine rings is 1. The van der Waals surface area contributed by atoms with Gasteiger partial charge in [-0.3, -0.25) is 0 Å². The summed E-state index contributed by atoms with van der Waals surface area (Å²) in [4.78, 5) is 15.5. The minimum absolute atomic E-state index is 0.459. The van der Waals surface area contributed by atoms with Gasteiger partial charge in [0.15, 0.2) is 5.82 Å². The van der Waals surface area contributed by atoms with Gasteiger partial charge in [0.05, 0.1) is 11.6 Å². The van der Waals surface area contributed by atoms with Crippen molar-refractivity contribution < 1.29 is 4.74 Å². The number of nitrogens with zero attached hydrogens (tertiary/aromatic N) is 4. The molecule has 0 N–H and O–H groups in total. The summed E-state index contributed by atoms with van der Waals surface area (Å²) in [5.74, 6) is 0.913. The molecule has 0 amide bonds. The van der Waals surface area contributed by atoms with Crippen LogP contribution in [-0.2, 0) is 4.74 Å². The summed E-state index contributed by atoms with van der Waals surface area (Å²) in [6.07, 6.45) is 6.73.